The smallest absolute Gasteiger partial charge is 0.316 e. The quantitative estimate of drug-likeness (QED) is 0.594. The summed E-state index contributed by atoms with van der Waals surface area (Å²) in [5.74, 6) is 0.455. The predicted octanol–water partition coefficient (Wildman–Crippen LogP) is 2.28. The van der Waals surface area contributed by atoms with Crippen molar-refractivity contribution in [2.75, 3.05) is 19.9 Å². The zero-order chi connectivity index (χ0) is 20.2. The molecule has 148 valence electrons. The van der Waals surface area contributed by atoms with Gasteiger partial charge in [0.2, 0.25) is 12.6 Å². The number of ether oxygens (including phenoxy) is 2. The number of rotatable bonds is 6. The largest absolute Gasteiger partial charge is 0.454 e. The van der Waals surface area contributed by atoms with E-state index >= 15 is 0 Å². The van der Waals surface area contributed by atoms with Gasteiger partial charge >= 0.3 is 11.8 Å². The van der Waals surface area contributed by atoms with Crippen LogP contribution in [-0.2, 0) is 0 Å². The molecule has 2 amide bonds. The lowest BCUT2D eigenvalue weighted by atomic mass is 10.2. The molecular formula is C19H15ClN4O5. The van der Waals surface area contributed by atoms with Crippen LogP contribution in [0.5, 0.6) is 11.5 Å². The Morgan fingerprint density at radius 3 is 2.62 bits per heavy atom. The van der Waals surface area contributed by atoms with Gasteiger partial charge in [0, 0.05) is 29.2 Å². The molecule has 3 aromatic rings. The second-order valence-electron chi connectivity index (χ2n) is 6.01. The minimum Gasteiger partial charge on any atom is -0.454 e. The summed E-state index contributed by atoms with van der Waals surface area (Å²) in [6.07, 6.45) is 0. The number of benzene rings is 2. The van der Waals surface area contributed by atoms with Crippen molar-refractivity contribution in [2.45, 2.75) is 0 Å². The van der Waals surface area contributed by atoms with E-state index in [2.05, 4.69) is 20.8 Å². The van der Waals surface area contributed by atoms with Crippen LogP contribution in [0.1, 0.15) is 21.0 Å². The molecule has 4 rings (SSSR count). The second kappa shape index (κ2) is 8.19. The van der Waals surface area contributed by atoms with Gasteiger partial charge in [-0.05, 0) is 36.4 Å². The van der Waals surface area contributed by atoms with Crippen LogP contribution in [0.4, 0.5) is 0 Å². The molecule has 0 spiro atoms. The number of nitrogens with zero attached hydrogens (tertiary/aromatic N) is 2. The maximum Gasteiger partial charge on any atom is 0.316 e. The first-order valence-corrected chi connectivity index (χ1v) is 9.03. The summed E-state index contributed by atoms with van der Waals surface area (Å²) in [6, 6.07) is 11.8. The molecule has 0 fully saturated rings. The number of halogens is 1. The Labute approximate surface area is 170 Å². The molecule has 2 heterocycles. The Morgan fingerprint density at radius 2 is 1.79 bits per heavy atom. The Bertz CT molecular complexity index is 1070. The summed E-state index contributed by atoms with van der Waals surface area (Å²) in [5, 5.41) is 9.57. The fourth-order valence-electron chi connectivity index (χ4n) is 2.63. The van der Waals surface area contributed by atoms with Crippen LogP contribution < -0.4 is 20.1 Å². The van der Waals surface area contributed by atoms with Gasteiger partial charge in [-0.2, -0.15) is 4.98 Å². The molecule has 10 heteroatoms. The van der Waals surface area contributed by atoms with E-state index in [1.54, 1.807) is 42.5 Å². The number of fused-ring (bicyclic) bond motifs is 1. The Hall–Kier alpha value is -3.59. The molecule has 0 atom stereocenters. The molecule has 0 unspecified atom stereocenters. The average Bonchev–Trinajstić information content (AvgIpc) is 3.39. The fraction of sp³-hybridized carbons (Fsp3) is 0.158. The normalized spacial score (nSPS) is 11.9. The highest BCUT2D eigenvalue weighted by molar-refractivity contribution is 6.30. The number of nitrogens with one attached hydrogen (secondary N) is 2. The summed E-state index contributed by atoms with van der Waals surface area (Å²) in [6.45, 7) is 0.569. The number of hydrogen-bond donors (Lipinski definition) is 2. The molecule has 2 N–H and O–H groups in total. The van der Waals surface area contributed by atoms with Crippen molar-refractivity contribution >= 4 is 23.4 Å². The Balaban J connectivity index is 1.29. The lowest BCUT2D eigenvalue weighted by molar-refractivity contribution is 0.0898. The van der Waals surface area contributed by atoms with E-state index in [1.807, 2.05) is 0 Å². The Kier molecular flexibility index (Phi) is 5.30. The number of aromatic nitrogens is 2. The van der Waals surface area contributed by atoms with E-state index in [9.17, 15) is 9.59 Å². The predicted molar refractivity (Wildman–Crippen MR) is 102 cm³/mol. The Morgan fingerprint density at radius 1 is 1.00 bits per heavy atom. The molecule has 0 saturated carbocycles. The molecule has 1 aliphatic rings. The highest BCUT2D eigenvalue weighted by Crippen LogP contribution is 2.35. The number of carbonyl (C=O) groups excluding carboxylic acids is 2. The molecule has 0 aliphatic carbocycles. The van der Waals surface area contributed by atoms with Crippen molar-refractivity contribution in [3.8, 4) is 22.9 Å². The standard InChI is InChI=1S/C19H15ClN4O5/c20-13-3-1-2-12(8-13)17(25)21-6-7-22-18(26)19-23-16(24-29-19)11-4-5-14-15(9-11)28-10-27-14/h1-5,8-9H,6-7,10H2,(H,21,25)(H,22,26). The summed E-state index contributed by atoms with van der Waals surface area (Å²) in [5.41, 5.74) is 1.07. The van der Waals surface area contributed by atoms with E-state index in [-0.39, 0.29) is 37.5 Å². The van der Waals surface area contributed by atoms with Crippen molar-refractivity contribution in [3.63, 3.8) is 0 Å². The van der Waals surface area contributed by atoms with Crippen molar-refractivity contribution in [1.29, 1.82) is 0 Å². The monoisotopic (exact) mass is 414 g/mol. The molecule has 0 radical (unpaired) electrons. The van der Waals surface area contributed by atoms with Crippen LogP contribution in [0.2, 0.25) is 5.02 Å². The third-order valence-electron chi connectivity index (χ3n) is 4.03. The summed E-state index contributed by atoms with van der Waals surface area (Å²) in [7, 11) is 0. The molecule has 0 bridgehead atoms. The second-order valence-corrected chi connectivity index (χ2v) is 6.45. The SMILES string of the molecule is O=C(NCCNC(=O)c1nc(-c2ccc3c(c2)OCO3)no1)c1cccc(Cl)c1. The fourth-order valence-corrected chi connectivity index (χ4v) is 2.82. The highest BCUT2D eigenvalue weighted by Gasteiger charge is 2.19. The van der Waals surface area contributed by atoms with Gasteiger partial charge in [-0.1, -0.05) is 22.8 Å². The minimum absolute atomic E-state index is 0.159. The van der Waals surface area contributed by atoms with E-state index < -0.39 is 5.91 Å². The van der Waals surface area contributed by atoms with Crippen LogP contribution >= 0.6 is 11.6 Å². The lowest BCUT2D eigenvalue weighted by Gasteiger charge is -2.06. The maximum absolute atomic E-state index is 12.2. The van der Waals surface area contributed by atoms with Gasteiger partial charge in [-0.15, -0.1) is 0 Å². The molecule has 2 aromatic carbocycles. The van der Waals surface area contributed by atoms with E-state index in [1.165, 1.54) is 0 Å². The van der Waals surface area contributed by atoms with E-state index in [4.69, 9.17) is 25.6 Å². The van der Waals surface area contributed by atoms with Crippen LogP contribution in [-0.4, -0.2) is 41.8 Å². The van der Waals surface area contributed by atoms with Gasteiger partial charge < -0.3 is 24.6 Å². The molecule has 1 aromatic heterocycles. The highest BCUT2D eigenvalue weighted by atomic mass is 35.5. The van der Waals surface area contributed by atoms with E-state index in [0.29, 0.717) is 27.6 Å². The molecule has 9 nitrogen and oxygen atoms in total. The lowest BCUT2D eigenvalue weighted by Crippen LogP contribution is -2.34. The first-order valence-electron chi connectivity index (χ1n) is 8.66. The van der Waals surface area contributed by atoms with Crippen molar-refractivity contribution in [3.05, 3.63) is 58.9 Å². The van der Waals surface area contributed by atoms with Gasteiger partial charge in [-0.25, -0.2) is 0 Å². The van der Waals surface area contributed by atoms with Gasteiger partial charge in [-0.3, -0.25) is 9.59 Å². The van der Waals surface area contributed by atoms with Crippen molar-refractivity contribution < 1.29 is 23.6 Å². The summed E-state index contributed by atoms with van der Waals surface area (Å²) in [4.78, 5) is 28.3. The molecule has 1 aliphatic heterocycles. The average molecular weight is 415 g/mol. The first kappa shape index (κ1) is 18.8. The van der Waals surface area contributed by atoms with Crippen LogP contribution in [0.15, 0.2) is 47.0 Å². The zero-order valence-electron chi connectivity index (χ0n) is 15.0. The van der Waals surface area contributed by atoms with Crippen LogP contribution in [0, 0.1) is 0 Å². The number of hydrogen-bond acceptors (Lipinski definition) is 7. The summed E-state index contributed by atoms with van der Waals surface area (Å²) < 4.78 is 15.6. The maximum atomic E-state index is 12.2. The van der Waals surface area contributed by atoms with Gasteiger partial charge in [0.1, 0.15) is 0 Å². The molecular weight excluding hydrogens is 400 g/mol. The van der Waals surface area contributed by atoms with Crippen LogP contribution in [0.25, 0.3) is 11.4 Å². The zero-order valence-corrected chi connectivity index (χ0v) is 15.7. The molecule has 29 heavy (non-hydrogen) atoms. The number of carbonyl (C=O) groups is 2. The van der Waals surface area contributed by atoms with Crippen molar-refractivity contribution in [2.24, 2.45) is 0 Å². The van der Waals surface area contributed by atoms with Gasteiger partial charge in [0.05, 0.1) is 0 Å². The minimum atomic E-state index is -0.540. The van der Waals surface area contributed by atoms with Gasteiger partial charge in [0.25, 0.3) is 5.91 Å². The summed E-state index contributed by atoms with van der Waals surface area (Å²) >= 11 is 5.86. The van der Waals surface area contributed by atoms with Crippen LogP contribution in [0.3, 0.4) is 0 Å². The third kappa shape index (κ3) is 4.30. The third-order valence-corrected chi connectivity index (χ3v) is 4.27. The number of amides is 2. The van der Waals surface area contributed by atoms with Gasteiger partial charge in [0.15, 0.2) is 11.5 Å². The van der Waals surface area contributed by atoms with E-state index in [0.717, 1.165) is 0 Å². The molecule has 0 saturated heterocycles. The van der Waals surface area contributed by atoms with Crippen molar-refractivity contribution in [1.82, 2.24) is 20.8 Å². The topological polar surface area (TPSA) is 116 Å². The first-order chi connectivity index (χ1) is 14.1.